The van der Waals surface area contributed by atoms with Crippen LogP contribution in [0.1, 0.15) is 35.2 Å². The lowest BCUT2D eigenvalue weighted by atomic mass is 10.1. The van der Waals surface area contributed by atoms with Crippen LogP contribution in [0, 0.1) is 0 Å². The summed E-state index contributed by atoms with van der Waals surface area (Å²) in [5, 5.41) is 5.21. The molecule has 1 atom stereocenters. The normalized spacial score (nSPS) is 13.0. The highest BCUT2D eigenvalue weighted by molar-refractivity contribution is 7.88. The summed E-state index contributed by atoms with van der Waals surface area (Å²) in [5.74, 6) is -0.147. The molecule has 2 rings (SSSR count). The van der Waals surface area contributed by atoms with E-state index in [0.29, 0.717) is 11.1 Å². The lowest BCUT2D eigenvalue weighted by molar-refractivity contribution is -0.137. The number of halogens is 3. The van der Waals surface area contributed by atoms with Crippen LogP contribution in [0.15, 0.2) is 48.5 Å². The molecule has 158 valence electrons. The smallest absolute Gasteiger partial charge is 0.334 e. The van der Waals surface area contributed by atoms with E-state index in [2.05, 4.69) is 15.4 Å². The molecule has 0 aliphatic carbocycles. The standard InChI is InChI=1S/C19H22F3N3O3S/c1-13(16-4-3-5-17(10-16)19(20,21)22)25-18(26)24-11-14-6-8-15(9-7-14)12-29(27,28)23-2/h3-10,13,23H,11-12H2,1-2H3,(H2,24,25,26). The molecule has 1 unspecified atom stereocenters. The van der Waals surface area contributed by atoms with Gasteiger partial charge in [0.1, 0.15) is 0 Å². The topological polar surface area (TPSA) is 87.3 Å². The van der Waals surface area contributed by atoms with Crippen LogP contribution in [0.2, 0.25) is 0 Å². The van der Waals surface area contributed by atoms with Crippen molar-refractivity contribution >= 4 is 16.1 Å². The van der Waals surface area contributed by atoms with Gasteiger partial charge in [-0.25, -0.2) is 17.9 Å². The zero-order valence-corrected chi connectivity index (χ0v) is 16.7. The fourth-order valence-electron chi connectivity index (χ4n) is 2.54. The first-order valence-electron chi connectivity index (χ1n) is 8.71. The number of rotatable bonds is 7. The monoisotopic (exact) mass is 429 g/mol. The minimum atomic E-state index is -4.45. The summed E-state index contributed by atoms with van der Waals surface area (Å²) in [6.45, 7) is 1.77. The van der Waals surface area contributed by atoms with Gasteiger partial charge in [0.25, 0.3) is 0 Å². The van der Waals surface area contributed by atoms with E-state index in [9.17, 15) is 26.4 Å². The number of sulfonamides is 1. The Kier molecular flexibility index (Phi) is 7.26. The third kappa shape index (κ3) is 7.06. The summed E-state index contributed by atoms with van der Waals surface area (Å²) in [4.78, 5) is 12.0. The third-order valence-electron chi connectivity index (χ3n) is 4.21. The van der Waals surface area contributed by atoms with Crippen molar-refractivity contribution in [3.63, 3.8) is 0 Å². The highest BCUT2D eigenvalue weighted by atomic mass is 32.2. The van der Waals surface area contributed by atoms with Gasteiger partial charge >= 0.3 is 12.2 Å². The highest BCUT2D eigenvalue weighted by Crippen LogP contribution is 2.30. The molecule has 0 spiro atoms. The fourth-order valence-corrected chi connectivity index (χ4v) is 3.32. The summed E-state index contributed by atoms with van der Waals surface area (Å²) in [7, 11) is -2.02. The Morgan fingerprint density at radius 3 is 2.28 bits per heavy atom. The van der Waals surface area contributed by atoms with E-state index in [1.807, 2.05) is 0 Å². The molecular weight excluding hydrogens is 407 g/mol. The van der Waals surface area contributed by atoms with Crippen LogP contribution in [-0.4, -0.2) is 21.5 Å². The summed E-state index contributed by atoms with van der Waals surface area (Å²) < 4.78 is 63.7. The lowest BCUT2D eigenvalue weighted by Crippen LogP contribution is -2.36. The minimum absolute atomic E-state index is 0.147. The molecule has 2 amide bonds. The first-order valence-corrected chi connectivity index (χ1v) is 10.4. The number of carbonyl (C=O) groups is 1. The molecule has 0 saturated carbocycles. The quantitative estimate of drug-likeness (QED) is 0.631. The molecule has 0 saturated heterocycles. The molecule has 29 heavy (non-hydrogen) atoms. The Bertz CT molecular complexity index is 945. The van der Waals surface area contributed by atoms with Gasteiger partial charge < -0.3 is 10.6 Å². The predicted molar refractivity (Wildman–Crippen MR) is 103 cm³/mol. The number of urea groups is 1. The molecule has 0 aromatic heterocycles. The number of hydrogen-bond acceptors (Lipinski definition) is 3. The Labute approximate surface area is 167 Å². The SMILES string of the molecule is CNS(=O)(=O)Cc1ccc(CNC(=O)NC(C)c2cccc(C(F)(F)F)c2)cc1. The predicted octanol–water partition coefficient (Wildman–Crippen LogP) is 3.32. The van der Waals surface area contributed by atoms with Gasteiger partial charge in [0.15, 0.2) is 0 Å². The van der Waals surface area contributed by atoms with Crippen molar-refractivity contribution in [1.29, 1.82) is 0 Å². The van der Waals surface area contributed by atoms with Gasteiger partial charge in [-0.1, -0.05) is 36.4 Å². The summed E-state index contributed by atoms with van der Waals surface area (Å²) >= 11 is 0. The van der Waals surface area contributed by atoms with Crippen molar-refractivity contribution < 1.29 is 26.4 Å². The fraction of sp³-hybridized carbons (Fsp3) is 0.316. The molecule has 10 heteroatoms. The maximum absolute atomic E-state index is 12.8. The summed E-state index contributed by atoms with van der Waals surface area (Å²) in [6, 6.07) is 10.3. The van der Waals surface area contributed by atoms with Gasteiger partial charge in [0, 0.05) is 6.54 Å². The van der Waals surface area contributed by atoms with E-state index in [1.54, 1.807) is 31.2 Å². The van der Waals surface area contributed by atoms with Crippen molar-refractivity contribution in [2.75, 3.05) is 7.05 Å². The van der Waals surface area contributed by atoms with Crippen molar-refractivity contribution in [1.82, 2.24) is 15.4 Å². The van der Waals surface area contributed by atoms with E-state index in [0.717, 1.165) is 17.7 Å². The molecule has 2 aromatic rings. The largest absolute Gasteiger partial charge is 0.416 e. The molecular formula is C19H22F3N3O3S. The van der Waals surface area contributed by atoms with E-state index >= 15 is 0 Å². The maximum Gasteiger partial charge on any atom is 0.416 e. The van der Waals surface area contributed by atoms with Crippen LogP contribution in [0.3, 0.4) is 0 Å². The zero-order valence-electron chi connectivity index (χ0n) is 15.9. The average molecular weight is 429 g/mol. The second-order valence-electron chi connectivity index (χ2n) is 6.45. The molecule has 0 fully saturated rings. The second-order valence-corrected chi connectivity index (χ2v) is 8.38. The summed E-state index contributed by atoms with van der Waals surface area (Å²) in [6.07, 6.45) is -4.45. The van der Waals surface area contributed by atoms with Gasteiger partial charge in [-0.05, 0) is 42.8 Å². The van der Waals surface area contributed by atoms with Gasteiger partial charge in [0.05, 0.1) is 17.4 Å². The van der Waals surface area contributed by atoms with E-state index in [1.165, 1.54) is 19.2 Å². The van der Waals surface area contributed by atoms with Crippen molar-refractivity contribution in [3.8, 4) is 0 Å². The number of hydrogen-bond donors (Lipinski definition) is 3. The summed E-state index contributed by atoms with van der Waals surface area (Å²) in [5.41, 5.74) is 0.915. The molecule has 0 aliphatic rings. The van der Waals surface area contributed by atoms with Crippen molar-refractivity contribution in [2.24, 2.45) is 0 Å². The van der Waals surface area contributed by atoms with Crippen molar-refractivity contribution in [2.45, 2.75) is 31.4 Å². The Hall–Kier alpha value is -2.59. The van der Waals surface area contributed by atoms with Crippen LogP contribution in [0.4, 0.5) is 18.0 Å². The molecule has 2 aromatic carbocycles. The Balaban J connectivity index is 1.90. The molecule has 0 heterocycles. The Morgan fingerprint density at radius 1 is 1.07 bits per heavy atom. The number of carbonyl (C=O) groups excluding carboxylic acids is 1. The highest BCUT2D eigenvalue weighted by Gasteiger charge is 2.30. The Morgan fingerprint density at radius 2 is 1.69 bits per heavy atom. The van der Waals surface area contributed by atoms with Crippen LogP contribution < -0.4 is 15.4 Å². The van der Waals surface area contributed by atoms with Crippen LogP contribution in [0.25, 0.3) is 0 Å². The first-order chi connectivity index (χ1) is 13.5. The van der Waals surface area contributed by atoms with Crippen LogP contribution in [-0.2, 0) is 28.5 Å². The molecule has 3 N–H and O–H groups in total. The molecule has 0 aliphatic heterocycles. The molecule has 6 nitrogen and oxygen atoms in total. The second kappa shape index (κ2) is 9.27. The van der Waals surface area contributed by atoms with E-state index < -0.39 is 33.8 Å². The number of nitrogens with one attached hydrogen (secondary N) is 3. The molecule has 0 bridgehead atoms. The third-order valence-corrected chi connectivity index (χ3v) is 5.54. The van der Waals surface area contributed by atoms with Crippen LogP contribution >= 0.6 is 0 Å². The number of alkyl halides is 3. The van der Waals surface area contributed by atoms with E-state index in [4.69, 9.17) is 0 Å². The lowest BCUT2D eigenvalue weighted by Gasteiger charge is -2.17. The first kappa shape index (κ1) is 22.7. The van der Waals surface area contributed by atoms with Gasteiger partial charge in [-0.3, -0.25) is 0 Å². The maximum atomic E-state index is 12.8. The number of amides is 2. The van der Waals surface area contributed by atoms with Gasteiger partial charge in [0.2, 0.25) is 10.0 Å². The van der Waals surface area contributed by atoms with Gasteiger partial charge in [-0.2, -0.15) is 13.2 Å². The van der Waals surface area contributed by atoms with E-state index in [-0.39, 0.29) is 12.3 Å². The minimum Gasteiger partial charge on any atom is -0.334 e. The van der Waals surface area contributed by atoms with Crippen molar-refractivity contribution in [3.05, 3.63) is 70.8 Å². The van der Waals surface area contributed by atoms with Gasteiger partial charge in [-0.15, -0.1) is 0 Å². The molecule has 0 radical (unpaired) electrons. The zero-order chi connectivity index (χ0) is 21.7. The average Bonchev–Trinajstić information content (AvgIpc) is 2.66. The van der Waals surface area contributed by atoms with Crippen LogP contribution in [0.5, 0.6) is 0 Å². The number of benzene rings is 2.